The second-order valence-electron chi connectivity index (χ2n) is 3.59. The zero-order chi connectivity index (χ0) is 12.8. The third-order valence-corrected chi connectivity index (χ3v) is 5.10. The molecule has 1 N–H and O–H groups in total. The predicted molar refractivity (Wildman–Crippen MR) is 55.0 cm³/mol. The largest absolute Gasteiger partial charge is 0.417 e. The molecule has 94 valence electrons. The fourth-order valence-electron chi connectivity index (χ4n) is 1.59. The van der Waals surface area contributed by atoms with Crippen LogP contribution < -0.4 is 4.72 Å². The minimum atomic E-state index is -4.56. The first-order valence-electron chi connectivity index (χ1n) is 4.77. The highest BCUT2D eigenvalue weighted by molar-refractivity contribution is 8.02. The first-order valence-corrected chi connectivity index (χ1v) is 6.66. The standard InChI is InChI=1S/C9H9F3N2O2S/c1-2-17(16)6-3-5(9(10,11)12)4-13-7(6)8(15)14-17/h3-4,17H,2H2,1H3,(H,14,15,16). The van der Waals surface area contributed by atoms with Gasteiger partial charge in [0.2, 0.25) is 0 Å². The number of hydrogen-bond acceptors (Lipinski definition) is 3. The van der Waals surface area contributed by atoms with Gasteiger partial charge in [-0.2, -0.15) is 13.2 Å². The molecule has 0 saturated heterocycles. The molecule has 17 heavy (non-hydrogen) atoms. The SMILES string of the molecule is CC[SH]1(=O)NC(=O)c2ncc(C(F)(F)F)cc21. The van der Waals surface area contributed by atoms with E-state index in [1.165, 1.54) is 6.92 Å². The molecule has 1 aromatic heterocycles. The first kappa shape index (κ1) is 12.0. The Morgan fingerprint density at radius 3 is 2.65 bits per heavy atom. The minimum Gasteiger partial charge on any atom is -0.288 e. The van der Waals surface area contributed by atoms with E-state index in [1.54, 1.807) is 0 Å². The van der Waals surface area contributed by atoms with Gasteiger partial charge in [0.15, 0.2) is 0 Å². The number of thiol groups is 1. The second-order valence-corrected chi connectivity index (χ2v) is 6.40. The van der Waals surface area contributed by atoms with Crippen molar-refractivity contribution in [2.75, 3.05) is 5.75 Å². The fourth-order valence-corrected chi connectivity index (χ4v) is 3.49. The molecule has 4 nitrogen and oxygen atoms in total. The summed E-state index contributed by atoms with van der Waals surface area (Å²) in [4.78, 5) is 14.7. The maximum absolute atomic E-state index is 12.5. The van der Waals surface area contributed by atoms with Gasteiger partial charge in [-0.25, -0.2) is 4.98 Å². The number of alkyl halides is 3. The maximum Gasteiger partial charge on any atom is 0.417 e. The van der Waals surface area contributed by atoms with Crippen LogP contribution in [0.3, 0.4) is 0 Å². The van der Waals surface area contributed by atoms with Crippen molar-refractivity contribution in [1.29, 1.82) is 0 Å². The number of hydrogen-bond donors (Lipinski definition) is 2. The molecule has 8 heteroatoms. The minimum absolute atomic E-state index is 0.0642. The smallest absolute Gasteiger partial charge is 0.288 e. The van der Waals surface area contributed by atoms with Gasteiger partial charge in [0, 0.05) is 11.9 Å². The van der Waals surface area contributed by atoms with Gasteiger partial charge >= 0.3 is 6.18 Å². The van der Waals surface area contributed by atoms with E-state index in [0.717, 1.165) is 6.07 Å². The number of carbonyl (C=O) groups is 1. The van der Waals surface area contributed by atoms with E-state index in [0.29, 0.717) is 6.20 Å². The number of carbonyl (C=O) groups excluding carboxylic acids is 1. The molecule has 0 atom stereocenters. The highest BCUT2D eigenvalue weighted by atomic mass is 32.3. The van der Waals surface area contributed by atoms with E-state index >= 15 is 0 Å². The van der Waals surface area contributed by atoms with Crippen LogP contribution in [0, 0.1) is 0 Å². The van der Waals surface area contributed by atoms with E-state index in [2.05, 4.69) is 9.71 Å². The van der Waals surface area contributed by atoms with Crippen LogP contribution in [-0.4, -0.2) is 20.9 Å². The molecular weight excluding hydrogens is 257 g/mol. The number of nitrogens with zero attached hydrogens (tertiary/aromatic N) is 1. The summed E-state index contributed by atoms with van der Waals surface area (Å²) in [5.41, 5.74) is -1.18. The molecule has 2 heterocycles. The molecule has 0 radical (unpaired) electrons. The first-order chi connectivity index (χ1) is 7.78. The molecule has 1 aromatic rings. The molecule has 0 fully saturated rings. The number of amides is 1. The van der Waals surface area contributed by atoms with Crippen LogP contribution in [-0.2, 0) is 16.3 Å². The molecular formula is C9H9F3N2O2S. The van der Waals surface area contributed by atoms with Gasteiger partial charge in [0.25, 0.3) is 5.91 Å². The lowest BCUT2D eigenvalue weighted by Crippen LogP contribution is -2.30. The molecule has 0 unspecified atom stereocenters. The van der Waals surface area contributed by atoms with Gasteiger partial charge in [-0.05, 0) is 16.2 Å². The lowest BCUT2D eigenvalue weighted by Gasteiger charge is -2.17. The van der Waals surface area contributed by atoms with Crippen molar-refractivity contribution in [3.05, 3.63) is 23.5 Å². The molecule has 0 aliphatic carbocycles. The van der Waals surface area contributed by atoms with Crippen molar-refractivity contribution < 1.29 is 22.2 Å². The number of rotatable bonds is 1. The zero-order valence-electron chi connectivity index (χ0n) is 8.71. The summed E-state index contributed by atoms with van der Waals surface area (Å²) < 4.78 is 51.8. The van der Waals surface area contributed by atoms with Gasteiger partial charge in [-0.1, -0.05) is 6.92 Å². The van der Waals surface area contributed by atoms with Crippen molar-refractivity contribution in [3.63, 3.8) is 0 Å². The third kappa shape index (κ3) is 1.82. The molecule has 0 saturated carbocycles. The molecule has 2 rings (SSSR count). The summed E-state index contributed by atoms with van der Waals surface area (Å²) in [6.07, 6.45) is -3.99. The van der Waals surface area contributed by atoms with E-state index in [-0.39, 0.29) is 16.3 Å². The van der Waals surface area contributed by atoms with Crippen LogP contribution >= 0.6 is 0 Å². The normalized spacial score (nSPS) is 19.6. The summed E-state index contributed by atoms with van der Waals surface area (Å²) in [7, 11) is -3.26. The van der Waals surface area contributed by atoms with Crippen molar-refractivity contribution in [2.45, 2.75) is 18.0 Å². The quantitative estimate of drug-likeness (QED) is 0.750. The van der Waals surface area contributed by atoms with Crippen molar-refractivity contribution in [2.24, 2.45) is 0 Å². The van der Waals surface area contributed by atoms with Gasteiger partial charge < -0.3 is 0 Å². The highest BCUT2D eigenvalue weighted by Crippen LogP contribution is 2.34. The van der Waals surface area contributed by atoms with Gasteiger partial charge in [-0.3, -0.25) is 13.7 Å². The maximum atomic E-state index is 12.5. The van der Waals surface area contributed by atoms with Crippen molar-refractivity contribution in [3.8, 4) is 0 Å². The third-order valence-electron chi connectivity index (χ3n) is 2.53. The Labute approximate surface area is 95.8 Å². The average molecular weight is 266 g/mol. The lowest BCUT2D eigenvalue weighted by molar-refractivity contribution is -0.138. The number of halogens is 3. The van der Waals surface area contributed by atoms with E-state index in [1.807, 2.05) is 0 Å². The van der Waals surface area contributed by atoms with Gasteiger partial charge in [-0.15, -0.1) is 0 Å². The van der Waals surface area contributed by atoms with E-state index in [4.69, 9.17) is 0 Å². The molecule has 0 aromatic carbocycles. The van der Waals surface area contributed by atoms with Crippen LogP contribution in [0.4, 0.5) is 13.2 Å². The van der Waals surface area contributed by atoms with Crippen LogP contribution in [0.5, 0.6) is 0 Å². The second kappa shape index (κ2) is 3.52. The topological polar surface area (TPSA) is 59.1 Å². The molecule has 1 aliphatic rings. The van der Waals surface area contributed by atoms with Crippen LogP contribution in [0.25, 0.3) is 0 Å². The number of fused-ring (bicyclic) bond motifs is 1. The summed E-state index contributed by atoms with van der Waals surface area (Å²) in [6, 6.07) is 0.741. The Morgan fingerprint density at radius 2 is 2.12 bits per heavy atom. The molecule has 0 spiro atoms. The fraction of sp³-hybridized carbons (Fsp3) is 0.333. The van der Waals surface area contributed by atoms with E-state index in [9.17, 15) is 22.2 Å². The Kier molecular flexibility index (Phi) is 2.49. The number of aromatic nitrogens is 1. The summed E-state index contributed by atoms with van der Waals surface area (Å²) in [5.74, 6) is -0.617. The zero-order valence-corrected chi connectivity index (χ0v) is 9.60. The van der Waals surface area contributed by atoms with Crippen molar-refractivity contribution >= 4 is 16.0 Å². The van der Waals surface area contributed by atoms with E-state index < -0.39 is 27.8 Å². The molecule has 0 bridgehead atoms. The van der Waals surface area contributed by atoms with Gasteiger partial charge in [0.05, 0.1) is 10.5 Å². The van der Waals surface area contributed by atoms with Crippen LogP contribution in [0.2, 0.25) is 0 Å². The molecule has 1 amide bonds. The average Bonchev–Trinajstić information content (AvgIpc) is 2.51. The Morgan fingerprint density at radius 1 is 1.47 bits per heavy atom. The van der Waals surface area contributed by atoms with Gasteiger partial charge in [0.1, 0.15) is 5.69 Å². The Hall–Kier alpha value is -1.44. The lowest BCUT2D eigenvalue weighted by atomic mass is 10.2. The summed E-state index contributed by atoms with van der Waals surface area (Å²) in [5, 5.41) is 0. The van der Waals surface area contributed by atoms with Crippen molar-refractivity contribution in [1.82, 2.24) is 9.71 Å². The monoisotopic (exact) mass is 266 g/mol. The summed E-state index contributed by atoms with van der Waals surface area (Å²) in [6.45, 7) is 1.54. The number of pyridine rings is 1. The molecule has 1 aliphatic heterocycles. The van der Waals surface area contributed by atoms with Crippen LogP contribution in [0.1, 0.15) is 23.0 Å². The van der Waals surface area contributed by atoms with Crippen LogP contribution in [0.15, 0.2) is 17.2 Å². The highest BCUT2D eigenvalue weighted by Gasteiger charge is 2.38. The number of nitrogens with one attached hydrogen (secondary N) is 1. The predicted octanol–water partition coefficient (Wildman–Crippen LogP) is 1.15. The summed E-state index contributed by atoms with van der Waals surface area (Å²) >= 11 is 0. The Bertz CT molecular complexity index is 542. The Balaban J connectivity index is 2.63.